The summed E-state index contributed by atoms with van der Waals surface area (Å²) in [7, 11) is 0. The molecule has 0 spiro atoms. The van der Waals surface area contributed by atoms with Crippen molar-refractivity contribution in [1.82, 2.24) is 10.2 Å². The topological polar surface area (TPSA) is 107 Å². The highest BCUT2D eigenvalue weighted by Gasteiger charge is 2.32. The minimum absolute atomic E-state index is 0.151. The van der Waals surface area contributed by atoms with Gasteiger partial charge in [-0.05, 0) is 49.3 Å². The minimum Gasteiger partial charge on any atom is -0.480 e. The number of rotatable bonds is 12. The molecule has 1 aromatic carbocycles. The number of carbonyl (C=O) groups is 4. The summed E-state index contributed by atoms with van der Waals surface area (Å²) >= 11 is 11.7. The summed E-state index contributed by atoms with van der Waals surface area (Å²) in [5, 5.41) is 12.4. The molecule has 35 heavy (non-hydrogen) atoms. The van der Waals surface area contributed by atoms with Crippen LogP contribution in [-0.4, -0.2) is 71.1 Å². The van der Waals surface area contributed by atoms with Gasteiger partial charge in [0.1, 0.15) is 6.04 Å². The average molecular weight is 524 g/mol. The Morgan fingerprint density at radius 1 is 1.00 bits per heavy atom. The van der Waals surface area contributed by atoms with Gasteiger partial charge in [0.25, 0.3) is 11.8 Å². The van der Waals surface area contributed by atoms with E-state index in [4.69, 9.17) is 23.2 Å². The third-order valence-corrected chi connectivity index (χ3v) is 6.96. The SMILES string of the molecule is O=C(N[C@H](Cc1ccc(N(CCCl)CCCl)cc1)C(=O)O)C1CCC(CN2C(=O)C=CC2=O)CC1. The molecule has 1 aromatic rings. The van der Waals surface area contributed by atoms with Crippen LogP contribution in [0, 0.1) is 11.8 Å². The Morgan fingerprint density at radius 2 is 1.57 bits per heavy atom. The standard InChI is InChI=1S/C25H31Cl2N3O5/c26-11-13-29(14-12-27)20-7-3-17(4-8-20)15-21(25(34)35)28-24(33)19-5-1-18(2-6-19)16-30-22(31)9-10-23(30)32/h3-4,7-10,18-19,21H,1-2,5-6,11-16H2,(H,28,33)(H,34,35)/t18?,19?,21-/m1/s1. The van der Waals surface area contributed by atoms with E-state index in [1.807, 2.05) is 24.3 Å². The zero-order valence-electron chi connectivity index (χ0n) is 19.5. The summed E-state index contributed by atoms with van der Waals surface area (Å²) < 4.78 is 0. The fraction of sp³-hybridized carbons (Fsp3) is 0.520. The number of halogens is 2. The van der Waals surface area contributed by atoms with E-state index in [2.05, 4.69) is 10.2 Å². The summed E-state index contributed by atoms with van der Waals surface area (Å²) in [4.78, 5) is 51.5. The van der Waals surface area contributed by atoms with E-state index >= 15 is 0 Å². The molecular formula is C25H31Cl2N3O5. The third kappa shape index (κ3) is 7.45. The predicted octanol–water partition coefficient (Wildman–Crippen LogP) is 2.81. The lowest BCUT2D eigenvalue weighted by Gasteiger charge is -2.30. The van der Waals surface area contributed by atoms with Crippen molar-refractivity contribution < 1.29 is 24.3 Å². The van der Waals surface area contributed by atoms with E-state index in [0.29, 0.717) is 57.1 Å². The molecule has 1 fully saturated rings. The molecule has 3 amide bonds. The van der Waals surface area contributed by atoms with Crippen molar-refractivity contribution in [2.45, 2.75) is 38.1 Å². The molecule has 1 aliphatic heterocycles. The van der Waals surface area contributed by atoms with E-state index in [-0.39, 0.29) is 36.0 Å². The number of hydrogen-bond donors (Lipinski definition) is 2. The van der Waals surface area contributed by atoms with Gasteiger partial charge in [0.15, 0.2) is 0 Å². The molecule has 2 N–H and O–H groups in total. The highest BCUT2D eigenvalue weighted by Crippen LogP contribution is 2.30. The van der Waals surface area contributed by atoms with Crippen molar-refractivity contribution >= 4 is 52.6 Å². The van der Waals surface area contributed by atoms with E-state index in [1.165, 1.54) is 17.1 Å². The molecule has 190 valence electrons. The first-order valence-corrected chi connectivity index (χ1v) is 12.9. The maximum Gasteiger partial charge on any atom is 0.326 e. The molecule has 0 aromatic heterocycles. The average Bonchev–Trinajstić information content (AvgIpc) is 3.16. The highest BCUT2D eigenvalue weighted by atomic mass is 35.5. The molecule has 1 saturated carbocycles. The Morgan fingerprint density at radius 3 is 2.09 bits per heavy atom. The number of imide groups is 1. The fourth-order valence-corrected chi connectivity index (χ4v) is 5.03. The second kappa shape index (κ2) is 12.9. The second-order valence-corrected chi connectivity index (χ2v) is 9.73. The van der Waals surface area contributed by atoms with Crippen LogP contribution in [0.2, 0.25) is 0 Å². The van der Waals surface area contributed by atoms with Gasteiger partial charge in [0, 0.05) is 61.6 Å². The largest absolute Gasteiger partial charge is 0.480 e. The van der Waals surface area contributed by atoms with Gasteiger partial charge < -0.3 is 15.3 Å². The summed E-state index contributed by atoms with van der Waals surface area (Å²) in [5.74, 6) is -1.12. The van der Waals surface area contributed by atoms with Crippen LogP contribution in [0.4, 0.5) is 5.69 Å². The smallest absolute Gasteiger partial charge is 0.326 e. The molecule has 1 heterocycles. The molecular weight excluding hydrogens is 493 g/mol. The number of carbonyl (C=O) groups excluding carboxylic acids is 3. The number of carboxylic acids is 1. The molecule has 10 heteroatoms. The van der Waals surface area contributed by atoms with Crippen molar-refractivity contribution in [3.05, 3.63) is 42.0 Å². The van der Waals surface area contributed by atoms with Crippen LogP contribution < -0.4 is 10.2 Å². The first-order chi connectivity index (χ1) is 16.8. The van der Waals surface area contributed by atoms with Gasteiger partial charge in [0.05, 0.1) is 0 Å². The Bertz CT molecular complexity index is 921. The highest BCUT2D eigenvalue weighted by molar-refractivity contribution is 6.18. The number of amides is 3. The van der Waals surface area contributed by atoms with Gasteiger partial charge in [-0.3, -0.25) is 19.3 Å². The van der Waals surface area contributed by atoms with E-state index in [9.17, 15) is 24.3 Å². The van der Waals surface area contributed by atoms with Crippen molar-refractivity contribution in [3.8, 4) is 0 Å². The first-order valence-electron chi connectivity index (χ1n) is 11.8. The Kier molecular flexibility index (Phi) is 9.98. The van der Waals surface area contributed by atoms with E-state index < -0.39 is 12.0 Å². The lowest BCUT2D eigenvalue weighted by atomic mass is 9.81. The van der Waals surface area contributed by atoms with Gasteiger partial charge in [0.2, 0.25) is 5.91 Å². The summed E-state index contributed by atoms with van der Waals surface area (Å²) in [5.41, 5.74) is 1.76. The Labute approximate surface area is 215 Å². The van der Waals surface area contributed by atoms with Crippen LogP contribution in [0.5, 0.6) is 0 Å². The normalized spacial score (nSPS) is 20.7. The van der Waals surface area contributed by atoms with Crippen LogP contribution in [0.15, 0.2) is 36.4 Å². The number of anilines is 1. The monoisotopic (exact) mass is 523 g/mol. The molecule has 8 nitrogen and oxygen atoms in total. The van der Waals surface area contributed by atoms with Crippen LogP contribution in [0.3, 0.4) is 0 Å². The molecule has 0 bridgehead atoms. The number of aliphatic carboxylic acids is 1. The van der Waals surface area contributed by atoms with Crippen LogP contribution >= 0.6 is 23.2 Å². The maximum atomic E-state index is 12.8. The first kappa shape index (κ1) is 27.0. The number of carboxylic acid groups (broad SMARTS) is 1. The van der Waals surface area contributed by atoms with Crippen LogP contribution in [-0.2, 0) is 25.6 Å². The lowest BCUT2D eigenvalue weighted by molar-refractivity contribution is -0.142. The second-order valence-electron chi connectivity index (χ2n) is 8.97. The van der Waals surface area contributed by atoms with Gasteiger partial charge in [-0.15, -0.1) is 23.2 Å². The van der Waals surface area contributed by atoms with Crippen molar-refractivity contribution in [1.29, 1.82) is 0 Å². The van der Waals surface area contributed by atoms with Gasteiger partial charge in [-0.25, -0.2) is 4.79 Å². The summed E-state index contributed by atoms with van der Waals surface area (Å²) in [6.45, 7) is 1.68. The zero-order chi connectivity index (χ0) is 25.4. The quantitative estimate of drug-likeness (QED) is 0.322. The minimum atomic E-state index is -1.08. The number of hydrogen-bond acceptors (Lipinski definition) is 5. The van der Waals surface area contributed by atoms with Gasteiger partial charge >= 0.3 is 5.97 Å². The van der Waals surface area contributed by atoms with Crippen LogP contribution in [0.25, 0.3) is 0 Å². The Hall–Kier alpha value is -2.58. The summed E-state index contributed by atoms with van der Waals surface area (Å²) in [6, 6.07) is 6.49. The Balaban J connectivity index is 1.51. The fourth-order valence-electron chi connectivity index (χ4n) is 4.62. The van der Waals surface area contributed by atoms with Crippen molar-refractivity contribution in [2.75, 3.05) is 36.3 Å². The van der Waals surface area contributed by atoms with Gasteiger partial charge in [-0.1, -0.05) is 12.1 Å². The predicted molar refractivity (Wildman–Crippen MR) is 135 cm³/mol. The molecule has 0 radical (unpaired) electrons. The molecule has 1 atom stereocenters. The molecule has 1 aliphatic carbocycles. The van der Waals surface area contributed by atoms with Crippen molar-refractivity contribution in [2.24, 2.45) is 11.8 Å². The zero-order valence-corrected chi connectivity index (χ0v) is 21.0. The maximum absolute atomic E-state index is 12.8. The van der Waals surface area contributed by atoms with Gasteiger partial charge in [-0.2, -0.15) is 0 Å². The molecule has 0 unspecified atom stereocenters. The number of nitrogens with zero attached hydrogens (tertiary/aromatic N) is 2. The summed E-state index contributed by atoms with van der Waals surface area (Å²) in [6.07, 6.45) is 5.32. The molecule has 3 rings (SSSR count). The van der Waals surface area contributed by atoms with Crippen LogP contribution in [0.1, 0.15) is 31.2 Å². The number of alkyl halides is 2. The lowest BCUT2D eigenvalue weighted by Crippen LogP contribution is -2.46. The molecule has 2 aliphatic rings. The number of nitrogens with one attached hydrogen (secondary N) is 1. The number of benzene rings is 1. The van der Waals surface area contributed by atoms with E-state index in [0.717, 1.165) is 11.3 Å². The molecule has 0 saturated heterocycles. The third-order valence-electron chi connectivity index (χ3n) is 6.62. The van der Waals surface area contributed by atoms with E-state index in [1.54, 1.807) is 0 Å². The van der Waals surface area contributed by atoms with Crippen molar-refractivity contribution in [3.63, 3.8) is 0 Å².